The number of nitrogens with zero attached hydrogens (tertiary/aromatic N) is 6. The molecule has 10 nitrogen and oxygen atoms in total. The fourth-order valence-corrected chi connectivity index (χ4v) is 5.59. The number of nitriles is 1. The summed E-state index contributed by atoms with van der Waals surface area (Å²) in [4.78, 5) is 27.7. The summed E-state index contributed by atoms with van der Waals surface area (Å²) in [6.07, 6.45) is 3.93. The normalized spacial score (nSPS) is 16.6. The maximum Gasteiger partial charge on any atom is 0.354 e. The molecule has 0 spiro atoms. The number of likely N-dealkylation sites (tertiary alicyclic amines) is 1. The molecule has 2 fully saturated rings. The number of rotatable bonds is 11. The van der Waals surface area contributed by atoms with Crippen molar-refractivity contribution in [2.75, 3.05) is 13.1 Å². The summed E-state index contributed by atoms with van der Waals surface area (Å²) in [5.41, 5.74) is 1.69. The van der Waals surface area contributed by atoms with Gasteiger partial charge >= 0.3 is 5.97 Å². The zero-order valence-corrected chi connectivity index (χ0v) is 24.1. The highest BCUT2D eigenvalue weighted by atomic mass is 35.5. The molecule has 0 unspecified atom stereocenters. The number of imidazole rings is 1. The van der Waals surface area contributed by atoms with E-state index in [-0.39, 0.29) is 29.6 Å². The second-order valence-corrected chi connectivity index (χ2v) is 11.7. The smallest absolute Gasteiger partial charge is 0.354 e. The standard InChI is InChI=1S/C31H30ClFN6O4/c32-20-4-7-26(23(33)16-20)42-18-21-2-1-3-28(35-21)43-22-8-14-38(15-9-22)17-27-36-24-5-6-25(30(40)41)37-29(24)39(27)19-31(10-11-31)12-13-34/h1-7,16,22H,8-12,14-15,17-19H2,(H,40,41). The number of piperidine rings is 1. The van der Waals surface area contributed by atoms with Crippen LogP contribution < -0.4 is 9.47 Å². The van der Waals surface area contributed by atoms with E-state index in [0.717, 1.165) is 44.6 Å². The first kappa shape index (κ1) is 28.8. The topological polar surface area (TPSA) is 126 Å². The van der Waals surface area contributed by atoms with Gasteiger partial charge in [0.15, 0.2) is 22.9 Å². The Balaban J connectivity index is 1.08. The summed E-state index contributed by atoms with van der Waals surface area (Å²) in [5, 5.41) is 19.1. The van der Waals surface area contributed by atoms with E-state index in [9.17, 15) is 19.6 Å². The molecule has 6 rings (SSSR count). The molecule has 1 aromatic carbocycles. The van der Waals surface area contributed by atoms with Crippen LogP contribution in [0.3, 0.4) is 0 Å². The second-order valence-electron chi connectivity index (χ2n) is 11.2. The highest BCUT2D eigenvalue weighted by Gasteiger charge is 2.43. The molecular formula is C31H30ClFN6O4. The largest absolute Gasteiger partial charge is 0.484 e. The minimum absolute atomic E-state index is 0.0161. The van der Waals surface area contributed by atoms with Gasteiger partial charge in [0, 0.05) is 42.6 Å². The first-order chi connectivity index (χ1) is 20.8. The van der Waals surface area contributed by atoms with Gasteiger partial charge in [-0.05, 0) is 62.1 Å². The third kappa shape index (κ3) is 6.71. The number of aromatic nitrogens is 4. The molecule has 43 heavy (non-hydrogen) atoms. The molecule has 4 aromatic rings. The highest BCUT2D eigenvalue weighted by Crippen LogP contribution is 2.50. The number of carbonyl (C=O) groups is 1. The molecule has 1 N–H and O–H groups in total. The van der Waals surface area contributed by atoms with Gasteiger partial charge in [0.1, 0.15) is 24.1 Å². The predicted molar refractivity (Wildman–Crippen MR) is 155 cm³/mol. The van der Waals surface area contributed by atoms with Crippen molar-refractivity contribution >= 4 is 28.7 Å². The van der Waals surface area contributed by atoms with Gasteiger partial charge in [-0.15, -0.1) is 0 Å². The van der Waals surface area contributed by atoms with E-state index >= 15 is 0 Å². The highest BCUT2D eigenvalue weighted by molar-refractivity contribution is 6.30. The molecule has 0 atom stereocenters. The van der Waals surface area contributed by atoms with Crippen LogP contribution >= 0.6 is 11.6 Å². The van der Waals surface area contributed by atoms with Crippen molar-refractivity contribution in [2.45, 2.75) is 57.9 Å². The monoisotopic (exact) mass is 604 g/mol. The Hall–Kier alpha value is -4.27. The first-order valence-electron chi connectivity index (χ1n) is 14.2. The van der Waals surface area contributed by atoms with Crippen molar-refractivity contribution in [2.24, 2.45) is 5.41 Å². The zero-order valence-electron chi connectivity index (χ0n) is 23.4. The Morgan fingerprint density at radius 1 is 1.14 bits per heavy atom. The van der Waals surface area contributed by atoms with Gasteiger partial charge < -0.3 is 19.1 Å². The average Bonchev–Trinajstić information content (AvgIpc) is 3.67. The van der Waals surface area contributed by atoms with Crippen LogP contribution in [0.2, 0.25) is 5.02 Å². The Labute approximate surface area is 252 Å². The summed E-state index contributed by atoms with van der Waals surface area (Å²) in [6, 6.07) is 15.2. The maximum absolute atomic E-state index is 14.0. The summed E-state index contributed by atoms with van der Waals surface area (Å²) >= 11 is 5.81. The van der Waals surface area contributed by atoms with E-state index in [2.05, 4.69) is 20.9 Å². The van der Waals surface area contributed by atoms with Gasteiger partial charge in [0.05, 0.1) is 18.3 Å². The molecule has 4 heterocycles. The number of pyridine rings is 2. The minimum atomic E-state index is -1.08. The molecular weight excluding hydrogens is 575 g/mol. The van der Waals surface area contributed by atoms with Crippen LogP contribution in [0.15, 0.2) is 48.5 Å². The lowest BCUT2D eigenvalue weighted by Crippen LogP contribution is -2.38. The molecule has 2 aliphatic rings. The SMILES string of the molecule is N#CCC1(Cn2c(CN3CCC(Oc4cccc(COc5ccc(Cl)cc5F)n4)CC3)nc3ccc(C(=O)O)nc32)CC1. The molecule has 1 saturated heterocycles. The van der Waals surface area contributed by atoms with Crippen LogP contribution in [0, 0.1) is 22.6 Å². The summed E-state index contributed by atoms with van der Waals surface area (Å²) < 4.78 is 27.8. The van der Waals surface area contributed by atoms with Crippen LogP contribution in [-0.2, 0) is 19.7 Å². The van der Waals surface area contributed by atoms with Crippen molar-refractivity contribution in [3.05, 3.63) is 76.6 Å². The van der Waals surface area contributed by atoms with Gasteiger partial charge in [0.25, 0.3) is 0 Å². The van der Waals surface area contributed by atoms with Gasteiger partial charge in [-0.2, -0.15) is 5.26 Å². The fraction of sp³-hybridized carbons (Fsp3) is 0.387. The van der Waals surface area contributed by atoms with Gasteiger partial charge in [-0.1, -0.05) is 17.7 Å². The Morgan fingerprint density at radius 3 is 2.67 bits per heavy atom. The molecule has 0 bridgehead atoms. The lowest BCUT2D eigenvalue weighted by molar-refractivity contribution is 0.0691. The number of carboxylic acid groups (broad SMARTS) is 1. The van der Waals surface area contributed by atoms with Crippen LogP contribution in [0.1, 0.15) is 54.1 Å². The summed E-state index contributed by atoms with van der Waals surface area (Å²) in [5.74, 6) is -0.198. The van der Waals surface area contributed by atoms with Crippen molar-refractivity contribution in [3.63, 3.8) is 0 Å². The molecule has 12 heteroatoms. The molecule has 0 radical (unpaired) electrons. The quantitative estimate of drug-likeness (QED) is 0.232. The third-order valence-electron chi connectivity index (χ3n) is 8.03. The molecule has 1 aliphatic carbocycles. The molecule has 1 saturated carbocycles. The van der Waals surface area contributed by atoms with Crippen molar-refractivity contribution in [1.82, 2.24) is 24.4 Å². The average molecular weight is 605 g/mol. The Kier molecular flexibility index (Phi) is 8.15. The second kappa shape index (κ2) is 12.1. The van der Waals surface area contributed by atoms with E-state index in [0.29, 0.717) is 47.3 Å². The Morgan fingerprint density at radius 2 is 1.95 bits per heavy atom. The number of halogens is 2. The number of benzene rings is 1. The number of fused-ring (bicyclic) bond motifs is 1. The van der Waals surface area contributed by atoms with E-state index in [1.807, 2.05) is 10.6 Å². The van der Waals surface area contributed by atoms with Gasteiger partial charge in [-0.25, -0.2) is 24.1 Å². The zero-order chi connectivity index (χ0) is 30.0. The van der Waals surface area contributed by atoms with E-state index in [1.54, 1.807) is 24.3 Å². The molecule has 1 aliphatic heterocycles. The molecule has 0 amide bonds. The molecule has 222 valence electrons. The van der Waals surface area contributed by atoms with E-state index in [1.165, 1.54) is 18.2 Å². The minimum Gasteiger partial charge on any atom is -0.484 e. The number of hydrogen-bond donors (Lipinski definition) is 1. The van der Waals surface area contributed by atoms with Gasteiger partial charge in [-0.3, -0.25) is 4.90 Å². The maximum atomic E-state index is 14.0. The van der Waals surface area contributed by atoms with Crippen LogP contribution in [-0.4, -0.2) is 54.7 Å². The lowest BCUT2D eigenvalue weighted by Gasteiger charge is -2.31. The summed E-state index contributed by atoms with van der Waals surface area (Å²) in [6.45, 7) is 2.83. The number of hydrogen-bond acceptors (Lipinski definition) is 8. The number of carboxylic acids is 1. The first-order valence-corrected chi connectivity index (χ1v) is 14.6. The third-order valence-corrected chi connectivity index (χ3v) is 8.27. The van der Waals surface area contributed by atoms with E-state index in [4.69, 9.17) is 26.1 Å². The van der Waals surface area contributed by atoms with E-state index < -0.39 is 11.8 Å². The fourth-order valence-electron chi connectivity index (χ4n) is 5.43. The lowest BCUT2D eigenvalue weighted by atomic mass is 10.0. The van der Waals surface area contributed by atoms with Crippen LogP contribution in [0.4, 0.5) is 4.39 Å². The Bertz CT molecular complexity index is 1690. The van der Waals surface area contributed by atoms with Gasteiger partial charge in [0.2, 0.25) is 5.88 Å². The predicted octanol–water partition coefficient (Wildman–Crippen LogP) is 5.63. The van der Waals surface area contributed by atoms with Crippen molar-refractivity contribution in [1.29, 1.82) is 5.26 Å². The summed E-state index contributed by atoms with van der Waals surface area (Å²) in [7, 11) is 0. The van der Waals surface area contributed by atoms with Crippen LogP contribution in [0.25, 0.3) is 11.2 Å². The molecule has 3 aromatic heterocycles. The van der Waals surface area contributed by atoms with Crippen molar-refractivity contribution < 1.29 is 23.8 Å². The van der Waals surface area contributed by atoms with Crippen LogP contribution in [0.5, 0.6) is 11.6 Å². The number of ether oxygens (including phenoxy) is 2. The number of aromatic carboxylic acids is 1. The van der Waals surface area contributed by atoms with Crippen molar-refractivity contribution in [3.8, 4) is 17.7 Å².